The van der Waals surface area contributed by atoms with Crippen LogP contribution >= 0.6 is 11.3 Å². The van der Waals surface area contributed by atoms with Crippen LogP contribution in [0.4, 0.5) is 0 Å². The Balaban J connectivity index is 1.63. The maximum Gasteiger partial charge on any atom is 0.246 e. The molecule has 1 aromatic carbocycles. The van der Waals surface area contributed by atoms with E-state index in [1.54, 1.807) is 49.4 Å². The highest BCUT2D eigenvalue weighted by molar-refractivity contribution is 7.09. The minimum atomic E-state index is -0.260. The lowest BCUT2D eigenvalue weighted by molar-refractivity contribution is 0.102. The molecule has 178 valence electrons. The van der Waals surface area contributed by atoms with E-state index >= 15 is 0 Å². The Bertz CT molecular complexity index is 1720. The van der Waals surface area contributed by atoms with Crippen LogP contribution in [-0.2, 0) is 6.54 Å². The number of aryl methyl sites for hydroxylation is 2. The number of hydrogen-bond donors (Lipinski definition) is 0. The van der Waals surface area contributed by atoms with Gasteiger partial charge in [0.2, 0.25) is 5.78 Å². The van der Waals surface area contributed by atoms with Gasteiger partial charge < -0.3 is 13.8 Å². The summed E-state index contributed by atoms with van der Waals surface area (Å²) in [6.07, 6.45) is 5.09. The Morgan fingerprint density at radius 2 is 2.03 bits per heavy atom. The second-order valence-electron chi connectivity index (χ2n) is 8.29. The second kappa shape index (κ2) is 8.65. The number of aromatic nitrogens is 6. The van der Waals surface area contributed by atoms with Crippen LogP contribution in [0.3, 0.4) is 0 Å². The van der Waals surface area contributed by atoms with Crippen molar-refractivity contribution in [1.29, 1.82) is 0 Å². The molecule has 0 amide bonds. The molecule has 0 N–H and O–H groups in total. The van der Waals surface area contributed by atoms with Gasteiger partial charge in [0, 0.05) is 28.2 Å². The molecule has 0 fully saturated rings. The first-order valence-corrected chi connectivity index (χ1v) is 12.1. The fourth-order valence-corrected chi connectivity index (χ4v) is 5.07. The molecule has 6 aromatic rings. The summed E-state index contributed by atoms with van der Waals surface area (Å²) in [6, 6.07) is 9.15. The fourth-order valence-electron chi connectivity index (χ4n) is 4.49. The zero-order chi connectivity index (χ0) is 24.8. The van der Waals surface area contributed by atoms with Crippen LogP contribution in [0.25, 0.3) is 33.1 Å². The Morgan fingerprint density at radius 3 is 2.72 bits per heavy atom. The summed E-state index contributed by atoms with van der Waals surface area (Å²) in [6.45, 7) is 4.20. The fraction of sp³-hybridized carbons (Fsp3) is 0.154. The quantitative estimate of drug-likeness (QED) is 0.297. The normalized spacial score (nSPS) is 11.4. The van der Waals surface area contributed by atoms with E-state index in [1.165, 1.54) is 11.3 Å². The highest BCUT2D eigenvalue weighted by Gasteiger charge is 2.24. The summed E-state index contributed by atoms with van der Waals surface area (Å²) < 4.78 is 13.1. The molecule has 36 heavy (non-hydrogen) atoms. The first-order valence-electron chi connectivity index (χ1n) is 11.2. The number of fused-ring (bicyclic) bond motifs is 3. The standard InChI is InChI=1S/C26H20N6O3S/c1-14-23(15(2)35-31-14)18-8-20-17(9-22(18)34-3)24-21(11-29-20)30-26(25(33)19-6-4-5-7-28-19)32(24)12-16-10-27-13-36-16/h4-11,13H,12H2,1-3H3. The Labute approximate surface area is 209 Å². The van der Waals surface area contributed by atoms with Crippen molar-refractivity contribution in [3.63, 3.8) is 0 Å². The van der Waals surface area contributed by atoms with Crippen molar-refractivity contribution in [3.05, 3.63) is 82.3 Å². The molecule has 0 aliphatic rings. The molecule has 0 aliphatic carbocycles. The number of carbonyl (C=O) groups excluding carboxylic acids is 1. The number of carbonyl (C=O) groups is 1. The average Bonchev–Trinajstić information content (AvgIpc) is 3.63. The topological polar surface area (TPSA) is 109 Å². The Morgan fingerprint density at radius 1 is 1.14 bits per heavy atom. The molecule has 5 aromatic heterocycles. The van der Waals surface area contributed by atoms with Gasteiger partial charge in [-0.05, 0) is 38.1 Å². The first kappa shape index (κ1) is 22.1. The lowest BCUT2D eigenvalue weighted by Crippen LogP contribution is -2.13. The van der Waals surface area contributed by atoms with Crippen LogP contribution in [0.1, 0.15) is 32.6 Å². The van der Waals surface area contributed by atoms with Crippen LogP contribution < -0.4 is 4.74 Å². The van der Waals surface area contributed by atoms with Crippen molar-refractivity contribution < 1.29 is 14.1 Å². The number of nitrogens with zero attached hydrogens (tertiary/aromatic N) is 6. The van der Waals surface area contributed by atoms with Crippen LogP contribution in [0.2, 0.25) is 0 Å². The number of pyridine rings is 2. The molecule has 0 aliphatic heterocycles. The third-order valence-electron chi connectivity index (χ3n) is 6.09. The number of thiazole rings is 1. The largest absolute Gasteiger partial charge is 0.496 e. The zero-order valence-corrected chi connectivity index (χ0v) is 20.5. The molecule has 0 saturated carbocycles. The summed E-state index contributed by atoms with van der Waals surface area (Å²) in [5.41, 5.74) is 6.72. The molecule has 0 unspecified atom stereocenters. The van der Waals surface area contributed by atoms with Gasteiger partial charge in [0.05, 0.1) is 47.7 Å². The molecule has 0 atom stereocenters. The predicted octanol–water partition coefficient (Wildman–Crippen LogP) is 5.00. The van der Waals surface area contributed by atoms with Crippen molar-refractivity contribution in [1.82, 2.24) is 29.7 Å². The van der Waals surface area contributed by atoms with Crippen molar-refractivity contribution in [2.24, 2.45) is 0 Å². The van der Waals surface area contributed by atoms with E-state index in [4.69, 9.17) is 14.2 Å². The molecule has 0 spiro atoms. The van der Waals surface area contributed by atoms with E-state index in [0.717, 1.165) is 38.1 Å². The molecule has 10 heteroatoms. The van der Waals surface area contributed by atoms with Gasteiger partial charge in [0.25, 0.3) is 0 Å². The van der Waals surface area contributed by atoms with Crippen molar-refractivity contribution >= 4 is 39.1 Å². The third kappa shape index (κ3) is 3.54. The van der Waals surface area contributed by atoms with Gasteiger partial charge in [-0.1, -0.05) is 11.2 Å². The molecule has 0 bridgehead atoms. The number of ketones is 1. The molecular formula is C26H20N6O3S. The van der Waals surface area contributed by atoms with E-state index in [2.05, 4.69) is 20.1 Å². The van der Waals surface area contributed by atoms with E-state index in [0.29, 0.717) is 35.1 Å². The summed E-state index contributed by atoms with van der Waals surface area (Å²) in [7, 11) is 1.63. The van der Waals surface area contributed by atoms with Crippen molar-refractivity contribution in [3.8, 4) is 16.9 Å². The number of ether oxygens (including phenoxy) is 1. The number of benzene rings is 1. The van der Waals surface area contributed by atoms with Crippen LogP contribution in [-0.4, -0.2) is 42.6 Å². The average molecular weight is 497 g/mol. The number of hydrogen-bond acceptors (Lipinski definition) is 9. The maximum absolute atomic E-state index is 13.5. The molecular weight excluding hydrogens is 476 g/mol. The maximum atomic E-state index is 13.5. The molecule has 9 nitrogen and oxygen atoms in total. The van der Waals surface area contributed by atoms with Crippen LogP contribution in [0.15, 0.2) is 59.0 Å². The third-order valence-corrected chi connectivity index (χ3v) is 6.86. The van der Waals surface area contributed by atoms with Gasteiger partial charge in [-0.25, -0.2) is 4.98 Å². The minimum absolute atomic E-state index is 0.260. The van der Waals surface area contributed by atoms with Crippen LogP contribution in [0, 0.1) is 13.8 Å². The zero-order valence-electron chi connectivity index (χ0n) is 19.7. The molecule has 0 saturated heterocycles. The number of methoxy groups -OCH3 is 1. The van der Waals surface area contributed by atoms with Gasteiger partial charge in [0.1, 0.15) is 22.7 Å². The summed E-state index contributed by atoms with van der Waals surface area (Å²) in [5.74, 6) is 1.38. The SMILES string of the molecule is COc1cc2c(cc1-c1c(C)noc1C)ncc1nc(C(=O)c3ccccn3)n(Cc3cncs3)c12. The second-order valence-corrected chi connectivity index (χ2v) is 9.27. The van der Waals surface area contributed by atoms with E-state index < -0.39 is 0 Å². The van der Waals surface area contributed by atoms with E-state index in [1.807, 2.05) is 30.5 Å². The lowest BCUT2D eigenvalue weighted by Gasteiger charge is -2.12. The van der Waals surface area contributed by atoms with Gasteiger partial charge >= 0.3 is 0 Å². The molecule has 0 radical (unpaired) electrons. The Hall–Kier alpha value is -4.44. The lowest BCUT2D eigenvalue weighted by atomic mass is 10.0. The van der Waals surface area contributed by atoms with Gasteiger partial charge in [0.15, 0.2) is 5.82 Å². The van der Waals surface area contributed by atoms with Gasteiger partial charge in [-0.3, -0.25) is 19.7 Å². The highest BCUT2D eigenvalue weighted by atomic mass is 32.1. The van der Waals surface area contributed by atoms with Gasteiger partial charge in [-0.15, -0.1) is 11.3 Å². The molecule has 5 heterocycles. The monoisotopic (exact) mass is 496 g/mol. The highest BCUT2D eigenvalue weighted by Crippen LogP contribution is 2.39. The summed E-state index contributed by atoms with van der Waals surface area (Å²) in [4.78, 5) is 32.3. The predicted molar refractivity (Wildman–Crippen MR) is 135 cm³/mol. The smallest absolute Gasteiger partial charge is 0.246 e. The Kier molecular flexibility index (Phi) is 5.30. The first-order chi connectivity index (χ1) is 17.5. The van der Waals surface area contributed by atoms with E-state index in [-0.39, 0.29) is 5.78 Å². The van der Waals surface area contributed by atoms with Crippen molar-refractivity contribution in [2.75, 3.05) is 7.11 Å². The summed E-state index contributed by atoms with van der Waals surface area (Å²) >= 11 is 1.52. The van der Waals surface area contributed by atoms with Gasteiger partial charge in [-0.2, -0.15) is 0 Å². The number of rotatable bonds is 6. The minimum Gasteiger partial charge on any atom is -0.496 e. The van der Waals surface area contributed by atoms with Crippen molar-refractivity contribution in [2.45, 2.75) is 20.4 Å². The van der Waals surface area contributed by atoms with Crippen LogP contribution in [0.5, 0.6) is 5.75 Å². The van der Waals surface area contributed by atoms with E-state index in [9.17, 15) is 4.79 Å². The summed E-state index contributed by atoms with van der Waals surface area (Å²) in [5, 5.41) is 4.91. The molecule has 6 rings (SSSR count). The number of imidazole rings is 1.